The summed E-state index contributed by atoms with van der Waals surface area (Å²) < 4.78 is 0. The summed E-state index contributed by atoms with van der Waals surface area (Å²) in [5.41, 5.74) is 6.95. The van der Waals surface area contributed by atoms with Crippen molar-refractivity contribution in [2.75, 3.05) is 12.3 Å². The molecule has 2 aliphatic rings. The van der Waals surface area contributed by atoms with E-state index in [9.17, 15) is 0 Å². The van der Waals surface area contributed by atoms with Crippen LogP contribution in [0.4, 0.5) is 0 Å². The molecule has 0 spiro atoms. The Morgan fingerprint density at radius 3 is 1.64 bits per heavy atom. The molecule has 0 fully saturated rings. The fourth-order valence-electron chi connectivity index (χ4n) is 2.15. The quantitative estimate of drug-likeness (QED) is 0.352. The Morgan fingerprint density at radius 2 is 1.21 bits per heavy atom. The minimum atomic E-state index is -0.447. The van der Waals surface area contributed by atoms with Crippen molar-refractivity contribution >= 4 is 20.7 Å². The van der Waals surface area contributed by atoms with E-state index < -0.39 is 14.2 Å². The van der Waals surface area contributed by atoms with Gasteiger partial charge in [-0.25, -0.2) is 0 Å². The number of rotatable bonds is 0. The molecule has 0 nitrogen and oxygen atoms in total. The van der Waals surface area contributed by atoms with Crippen molar-refractivity contribution in [1.29, 1.82) is 0 Å². The van der Waals surface area contributed by atoms with Gasteiger partial charge in [0.2, 0.25) is 0 Å². The normalized spacial score (nSPS) is 33.4. The van der Waals surface area contributed by atoms with Crippen LogP contribution >= 0.6 is 6.48 Å². The SMILES string of the molecule is CC1=C(C)C[As]2CC(C)=C(C)CP2C1. The van der Waals surface area contributed by atoms with Gasteiger partial charge in [-0.3, -0.25) is 0 Å². The minimum absolute atomic E-state index is 0.447. The Labute approximate surface area is 93.4 Å². The van der Waals surface area contributed by atoms with Crippen molar-refractivity contribution in [2.45, 2.75) is 38.1 Å². The van der Waals surface area contributed by atoms with Crippen molar-refractivity contribution in [3.63, 3.8) is 0 Å². The predicted molar refractivity (Wildman–Crippen MR) is 68.8 cm³/mol. The summed E-state index contributed by atoms with van der Waals surface area (Å²) in [5, 5.41) is 3.07. The first-order chi connectivity index (χ1) is 6.58. The van der Waals surface area contributed by atoms with Crippen molar-refractivity contribution in [1.82, 2.24) is 0 Å². The van der Waals surface area contributed by atoms with Crippen LogP contribution in [0.1, 0.15) is 27.7 Å². The topological polar surface area (TPSA) is 0 Å². The van der Waals surface area contributed by atoms with Crippen LogP contribution in [0.3, 0.4) is 0 Å². The second kappa shape index (κ2) is 4.15. The molecule has 0 saturated carbocycles. The van der Waals surface area contributed by atoms with Gasteiger partial charge in [0, 0.05) is 0 Å². The average molecular weight is 270 g/mol. The molecule has 2 heteroatoms. The summed E-state index contributed by atoms with van der Waals surface area (Å²) in [7, 11) is 0. The molecule has 0 bridgehead atoms. The van der Waals surface area contributed by atoms with E-state index in [-0.39, 0.29) is 0 Å². The molecule has 0 amide bonds. The first-order valence-electron chi connectivity index (χ1n) is 5.38. The molecular weight excluding hydrogens is 250 g/mol. The molecule has 0 N–H and O–H groups in total. The summed E-state index contributed by atoms with van der Waals surface area (Å²) in [4.78, 5) is 0. The predicted octanol–water partition coefficient (Wildman–Crippen LogP) is 4.16. The molecule has 0 saturated heterocycles. The number of allylic oxidation sites excluding steroid dienone is 4. The van der Waals surface area contributed by atoms with Gasteiger partial charge in [-0.1, -0.05) is 0 Å². The fourth-order valence-corrected chi connectivity index (χ4v) is 18.3. The van der Waals surface area contributed by atoms with Crippen molar-refractivity contribution in [2.24, 2.45) is 0 Å². The van der Waals surface area contributed by atoms with Gasteiger partial charge in [0.1, 0.15) is 0 Å². The summed E-state index contributed by atoms with van der Waals surface area (Å²) in [5.74, 6) is 0. The second-order valence-corrected chi connectivity index (χ2v) is 16.4. The molecule has 0 aliphatic carbocycles. The third kappa shape index (κ3) is 2.02. The van der Waals surface area contributed by atoms with Gasteiger partial charge in [-0.05, 0) is 0 Å². The van der Waals surface area contributed by atoms with E-state index in [0.717, 1.165) is 0 Å². The summed E-state index contributed by atoms with van der Waals surface area (Å²) >= 11 is -0.447. The zero-order valence-electron chi connectivity index (χ0n) is 9.72. The first kappa shape index (κ1) is 11.0. The molecule has 0 atom stereocenters. The van der Waals surface area contributed by atoms with E-state index in [2.05, 4.69) is 27.7 Å². The van der Waals surface area contributed by atoms with E-state index in [1.807, 2.05) is 0 Å². The van der Waals surface area contributed by atoms with Crippen LogP contribution in [0.2, 0.25) is 10.4 Å². The Morgan fingerprint density at radius 1 is 0.786 bits per heavy atom. The monoisotopic (exact) mass is 270 g/mol. The van der Waals surface area contributed by atoms with Gasteiger partial charge in [-0.2, -0.15) is 0 Å². The fraction of sp³-hybridized carbons (Fsp3) is 0.667. The van der Waals surface area contributed by atoms with Gasteiger partial charge in [0.15, 0.2) is 0 Å². The molecule has 0 aromatic carbocycles. The van der Waals surface area contributed by atoms with Crippen LogP contribution in [0.15, 0.2) is 22.3 Å². The molecule has 14 heavy (non-hydrogen) atoms. The molecule has 2 aliphatic heterocycles. The summed E-state index contributed by atoms with van der Waals surface area (Å²) in [6, 6.07) is 0. The van der Waals surface area contributed by atoms with Crippen molar-refractivity contribution in [3.8, 4) is 0 Å². The molecule has 2 heterocycles. The second-order valence-electron chi connectivity index (χ2n) is 4.77. The van der Waals surface area contributed by atoms with E-state index >= 15 is 0 Å². The Hall–Kier alpha value is 0.468. The van der Waals surface area contributed by atoms with E-state index in [0.29, 0.717) is 6.48 Å². The van der Waals surface area contributed by atoms with Crippen LogP contribution in [-0.2, 0) is 0 Å². The molecule has 78 valence electrons. The van der Waals surface area contributed by atoms with Crippen molar-refractivity contribution < 1.29 is 0 Å². The summed E-state index contributed by atoms with van der Waals surface area (Å²) in [6.07, 6.45) is 2.98. The summed E-state index contributed by atoms with van der Waals surface area (Å²) in [6.45, 7) is 9.93. The molecule has 0 aromatic rings. The molecular formula is C12H20AsP. The molecule has 0 unspecified atom stereocenters. The number of hydrogen-bond acceptors (Lipinski definition) is 0. The van der Waals surface area contributed by atoms with Gasteiger partial charge >= 0.3 is 93.4 Å². The van der Waals surface area contributed by atoms with E-state index in [1.54, 1.807) is 22.3 Å². The van der Waals surface area contributed by atoms with Crippen LogP contribution in [-0.4, -0.2) is 26.5 Å². The third-order valence-corrected chi connectivity index (χ3v) is 17.8. The maximum atomic E-state index is 2.37. The van der Waals surface area contributed by atoms with E-state index in [4.69, 9.17) is 0 Å². The Balaban J connectivity index is 2.18. The first-order valence-corrected chi connectivity index (χ1v) is 12.2. The Bertz CT molecular complexity index is 254. The molecule has 0 radical (unpaired) electrons. The maximum absolute atomic E-state index is 2.37. The zero-order chi connectivity index (χ0) is 10.3. The van der Waals surface area contributed by atoms with Gasteiger partial charge in [0.05, 0.1) is 0 Å². The zero-order valence-corrected chi connectivity index (χ0v) is 12.5. The van der Waals surface area contributed by atoms with Gasteiger partial charge in [0.25, 0.3) is 0 Å². The van der Waals surface area contributed by atoms with Gasteiger partial charge < -0.3 is 0 Å². The van der Waals surface area contributed by atoms with Crippen LogP contribution in [0, 0.1) is 0 Å². The standard InChI is InChI=1S/C12H20AsP/c1-9-5-13-6-10(2)12(4)8-14(13)7-11(9)3/h5-8H2,1-4H3. The van der Waals surface area contributed by atoms with Gasteiger partial charge in [-0.15, -0.1) is 0 Å². The van der Waals surface area contributed by atoms with E-state index in [1.165, 1.54) is 22.7 Å². The number of hydrogen-bond donors (Lipinski definition) is 0. The van der Waals surface area contributed by atoms with Crippen LogP contribution in [0.5, 0.6) is 0 Å². The number of fused-ring (bicyclic) bond motifs is 1. The molecule has 0 aromatic heterocycles. The third-order valence-electron chi connectivity index (χ3n) is 3.54. The average Bonchev–Trinajstić information content (AvgIpc) is 2.11. The Kier molecular flexibility index (Phi) is 3.25. The molecule has 2 rings (SSSR count). The van der Waals surface area contributed by atoms with Crippen LogP contribution < -0.4 is 0 Å². The van der Waals surface area contributed by atoms with Crippen LogP contribution in [0.25, 0.3) is 0 Å². The van der Waals surface area contributed by atoms with Crippen molar-refractivity contribution in [3.05, 3.63) is 22.3 Å².